The van der Waals surface area contributed by atoms with Crippen LogP contribution in [0.2, 0.25) is 0 Å². The van der Waals surface area contributed by atoms with Gasteiger partial charge < -0.3 is 4.98 Å². The zero-order valence-corrected chi connectivity index (χ0v) is 31.1. The molecule has 0 fully saturated rings. The van der Waals surface area contributed by atoms with Crippen molar-refractivity contribution in [3.63, 3.8) is 0 Å². The summed E-state index contributed by atoms with van der Waals surface area (Å²) in [6, 6.07) is 10.9. The Hall–Kier alpha value is -2.70. The lowest BCUT2D eigenvalue weighted by Gasteiger charge is -2.14. The monoisotopic (exact) mass is 631 g/mol. The van der Waals surface area contributed by atoms with Crippen molar-refractivity contribution in [2.45, 2.75) is 127 Å². The van der Waals surface area contributed by atoms with Gasteiger partial charge in [-0.15, -0.1) is 19.7 Å². The second-order valence-electron chi connectivity index (χ2n) is 9.85. The van der Waals surface area contributed by atoms with Crippen LogP contribution in [-0.4, -0.2) is 28.0 Å². The lowest BCUT2D eigenvalue weighted by atomic mass is 10.1. The maximum absolute atomic E-state index is 12.1. The number of unbranched alkanes of at least 4 members (excludes halogenated alkanes) is 1. The van der Waals surface area contributed by atoms with Crippen LogP contribution in [0, 0.1) is 19.7 Å². The number of benzene rings is 1. The van der Waals surface area contributed by atoms with Crippen molar-refractivity contribution < 1.29 is 9.18 Å². The number of nitrogens with one attached hydrogen (secondary N) is 2. The number of rotatable bonds is 9. The summed E-state index contributed by atoms with van der Waals surface area (Å²) in [7, 11) is 0. The highest BCUT2D eigenvalue weighted by molar-refractivity contribution is 7.96. The van der Waals surface area contributed by atoms with E-state index in [-0.39, 0.29) is 11.6 Å². The minimum Gasteiger partial charge on any atom is -0.351 e. The number of carbonyl (C=O) groups is 1. The third-order valence-electron chi connectivity index (χ3n) is 5.69. The van der Waals surface area contributed by atoms with Crippen LogP contribution in [0.15, 0.2) is 67.9 Å². The number of hydrogen-bond acceptors (Lipinski definition) is 4. The Morgan fingerprint density at radius 3 is 1.75 bits per heavy atom. The molecular weight excluding hydrogens is 566 g/mol. The first-order valence-electron chi connectivity index (χ1n) is 16.1. The molecule has 0 atom stereocenters. The van der Waals surface area contributed by atoms with Crippen LogP contribution in [0.4, 0.5) is 4.39 Å². The van der Waals surface area contributed by atoms with Crippen LogP contribution in [0.5, 0.6) is 0 Å². The van der Waals surface area contributed by atoms with E-state index in [2.05, 4.69) is 75.3 Å². The first-order chi connectivity index (χ1) is 21.0. The topological polar surface area (TPSA) is 57.8 Å². The van der Waals surface area contributed by atoms with Crippen molar-refractivity contribution in [1.82, 2.24) is 14.7 Å². The summed E-state index contributed by atoms with van der Waals surface area (Å²) in [4.78, 5) is 18.2. The number of halogens is 1. The molecule has 0 saturated carbocycles. The first-order valence-corrected chi connectivity index (χ1v) is 17.3. The molecule has 0 spiro atoms. The van der Waals surface area contributed by atoms with Gasteiger partial charge in [-0.25, -0.2) is 4.39 Å². The molecular formula is C38H66FN3OS. The predicted molar refractivity (Wildman–Crippen MR) is 201 cm³/mol. The summed E-state index contributed by atoms with van der Waals surface area (Å²) in [6.45, 7) is 32.1. The minimum atomic E-state index is -0.171. The Labute approximate surface area is 276 Å². The van der Waals surface area contributed by atoms with Gasteiger partial charge in [0.05, 0.1) is 17.4 Å². The van der Waals surface area contributed by atoms with Gasteiger partial charge in [0, 0.05) is 24.0 Å². The number of ketones is 1. The van der Waals surface area contributed by atoms with E-state index < -0.39 is 0 Å². The van der Waals surface area contributed by atoms with Crippen LogP contribution in [0.1, 0.15) is 129 Å². The van der Waals surface area contributed by atoms with Gasteiger partial charge in [0.1, 0.15) is 5.82 Å². The number of allylic oxidation sites excluding steroid dienone is 1. The Kier molecular flexibility index (Phi) is 38.1. The first kappa shape index (κ1) is 48.2. The standard InChI is InChI=1S/C10H10N2O.C8H19NS.C7H7F.C5H10.C4H10.C2H6.C2H4/c1-6-3-8-4-9(7(2)13)12-10(8)5-11-6;1-4-6-8(7-5-2)9-10-3;1-6-2-4-7(8)5-3-6;1-4-5(2)3;1-3-4-2;2*1-2/h3-5,12H,1-2H3;8-9H,4-7H2,1-3H3;2-5H,1H3;2,4H2,1,3H3;3-4H2,1-2H3;1-2H3;1-2H2. The zero-order valence-electron chi connectivity index (χ0n) is 30.3. The number of fused-ring (bicyclic) bond motifs is 1. The Bertz CT molecular complexity index is 1030. The number of Topliss-reactive ketones (excluding diaryl/α,β-unsaturated/α-hetero) is 1. The summed E-state index contributed by atoms with van der Waals surface area (Å²) in [5, 5.41) is 1.04. The number of hydrogen-bond donors (Lipinski definition) is 2. The van der Waals surface area contributed by atoms with E-state index in [4.69, 9.17) is 0 Å². The molecule has 4 nitrogen and oxygen atoms in total. The third-order valence-corrected chi connectivity index (χ3v) is 6.26. The number of aryl methyl sites for hydroxylation is 2. The van der Waals surface area contributed by atoms with Crippen LogP contribution >= 0.6 is 11.9 Å². The van der Waals surface area contributed by atoms with Gasteiger partial charge in [-0.05, 0) is 70.6 Å². The molecule has 0 aliphatic rings. The van der Waals surface area contributed by atoms with Gasteiger partial charge in [-0.2, -0.15) is 0 Å². The SMILES string of the molecule is C=C.C=C(C)CC.CC.CC(=O)c1cc2cc(C)ncc2[nH]1.CCCC.CCCC(CCC)NSC.Cc1ccc(F)cc1. The van der Waals surface area contributed by atoms with E-state index in [0.717, 1.165) is 34.6 Å². The summed E-state index contributed by atoms with van der Waals surface area (Å²) < 4.78 is 15.5. The van der Waals surface area contributed by atoms with E-state index in [9.17, 15) is 9.18 Å². The fraction of sp³-hybridized carbons (Fsp3) is 0.526. The molecule has 0 amide bonds. The van der Waals surface area contributed by atoms with Gasteiger partial charge in [0.25, 0.3) is 0 Å². The van der Waals surface area contributed by atoms with Crippen molar-refractivity contribution in [2.24, 2.45) is 0 Å². The normalized spacial score (nSPS) is 9.05. The second kappa shape index (κ2) is 34.8. The van der Waals surface area contributed by atoms with Gasteiger partial charge in [-0.1, -0.05) is 109 Å². The van der Waals surface area contributed by atoms with Crippen LogP contribution in [0.25, 0.3) is 10.9 Å². The molecule has 2 aromatic heterocycles. The summed E-state index contributed by atoms with van der Waals surface area (Å²) >= 11 is 1.74. The predicted octanol–water partition coefficient (Wildman–Crippen LogP) is 12.6. The molecule has 0 unspecified atom stereocenters. The van der Waals surface area contributed by atoms with E-state index >= 15 is 0 Å². The maximum atomic E-state index is 12.1. The van der Waals surface area contributed by atoms with Crippen LogP contribution in [-0.2, 0) is 0 Å². The quantitative estimate of drug-likeness (QED) is 0.140. The fourth-order valence-corrected chi connectivity index (χ4v) is 3.56. The van der Waals surface area contributed by atoms with Gasteiger partial charge >= 0.3 is 0 Å². The van der Waals surface area contributed by atoms with E-state index in [1.165, 1.54) is 56.2 Å². The Balaban J connectivity index is -0.000000233. The van der Waals surface area contributed by atoms with Crippen molar-refractivity contribution in [3.8, 4) is 0 Å². The van der Waals surface area contributed by atoms with E-state index in [0.29, 0.717) is 5.69 Å². The summed E-state index contributed by atoms with van der Waals surface area (Å²) in [6.07, 6.45) is 12.8. The largest absolute Gasteiger partial charge is 0.351 e. The lowest BCUT2D eigenvalue weighted by molar-refractivity contribution is 0.101. The molecule has 3 rings (SSSR count). The summed E-state index contributed by atoms with van der Waals surface area (Å²) in [5.74, 6) is -0.121. The van der Waals surface area contributed by atoms with Crippen molar-refractivity contribution in [2.75, 3.05) is 6.26 Å². The number of aromatic amines is 1. The second-order valence-corrected chi connectivity index (χ2v) is 10.5. The highest BCUT2D eigenvalue weighted by atomic mass is 32.2. The Morgan fingerprint density at radius 2 is 1.41 bits per heavy atom. The smallest absolute Gasteiger partial charge is 0.175 e. The van der Waals surface area contributed by atoms with Crippen LogP contribution in [0.3, 0.4) is 0 Å². The molecule has 44 heavy (non-hydrogen) atoms. The molecule has 3 aromatic rings. The Morgan fingerprint density at radius 1 is 0.932 bits per heavy atom. The molecule has 0 saturated heterocycles. The van der Waals surface area contributed by atoms with Crippen molar-refractivity contribution >= 4 is 28.6 Å². The number of aromatic nitrogens is 2. The zero-order chi connectivity index (χ0) is 34.9. The third kappa shape index (κ3) is 29.4. The molecule has 0 aliphatic heterocycles. The maximum Gasteiger partial charge on any atom is 0.175 e. The molecule has 0 bridgehead atoms. The van der Waals surface area contributed by atoms with E-state index in [1.54, 1.807) is 37.2 Å². The number of H-pyrrole nitrogens is 1. The molecule has 0 aliphatic carbocycles. The van der Waals surface area contributed by atoms with Gasteiger partial charge in [-0.3, -0.25) is 14.5 Å². The molecule has 1 aromatic carbocycles. The average Bonchev–Trinajstić information content (AvgIpc) is 3.46. The number of pyridine rings is 1. The van der Waals surface area contributed by atoms with Gasteiger partial charge in [0.2, 0.25) is 0 Å². The lowest BCUT2D eigenvalue weighted by Crippen LogP contribution is -2.21. The summed E-state index contributed by atoms with van der Waals surface area (Å²) in [5.41, 5.74) is 4.86. The average molecular weight is 632 g/mol. The van der Waals surface area contributed by atoms with Crippen LogP contribution < -0.4 is 4.72 Å². The number of carbonyl (C=O) groups excluding carboxylic acids is 1. The minimum absolute atomic E-state index is 0.0499. The van der Waals surface area contributed by atoms with Crippen molar-refractivity contribution in [1.29, 1.82) is 0 Å². The molecule has 2 N–H and O–H groups in total. The molecule has 2 heterocycles. The van der Waals surface area contributed by atoms with Crippen molar-refractivity contribution in [3.05, 3.63) is 90.7 Å². The highest BCUT2D eigenvalue weighted by Crippen LogP contribution is 2.15. The van der Waals surface area contributed by atoms with Gasteiger partial charge in [0.15, 0.2) is 5.78 Å². The molecule has 0 radical (unpaired) electrons. The number of nitrogens with zero attached hydrogens (tertiary/aromatic N) is 1. The molecule has 6 heteroatoms. The fourth-order valence-electron chi connectivity index (χ4n) is 2.99. The molecule has 252 valence electrons. The highest BCUT2D eigenvalue weighted by Gasteiger charge is 2.04. The van der Waals surface area contributed by atoms with E-state index in [1.807, 2.05) is 46.8 Å².